The van der Waals surface area contributed by atoms with Crippen LogP contribution >= 0.6 is 0 Å². The fourth-order valence-corrected chi connectivity index (χ4v) is 1.61. The van der Waals surface area contributed by atoms with Gasteiger partial charge in [-0.05, 0) is 36.1 Å². The predicted octanol–water partition coefficient (Wildman–Crippen LogP) is 3.75. The van der Waals surface area contributed by atoms with Crippen LogP contribution in [-0.4, -0.2) is 13.2 Å². The van der Waals surface area contributed by atoms with Crippen molar-refractivity contribution in [2.75, 3.05) is 13.2 Å². The maximum atomic E-state index is 13.8. The number of halogens is 2. The average molecular weight is 271 g/mol. The Kier molecular flexibility index (Phi) is 6.22. The molecule has 0 amide bonds. The minimum atomic E-state index is -0.637. The first-order valence-corrected chi connectivity index (χ1v) is 6.71. The lowest BCUT2D eigenvalue weighted by atomic mass is 10.1. The zero-order valence-corrected chi connectivity index (χ0v) is 12.1. The summed E-state index contributed by atoms with van der Waals surface area (Å²) in [7, 11) is 0. The molecule has 0 atom stereocenters. The highest BCUT2D eigenvalue weighted by Crippen LogP contribution is 2.23. The van der Waals surface area contributed by atoms with Crippen LogP contribution in [0.5, 0.6) is 5.75 Å². The highest BCUT2D eigenvalue weighted by molar-refractivity contribution is 5.31. The van der Waals surface area contributed by atoms with E-state index in [4.69, 9.17) is 4.74 Å². The highest BCUT2D eigenvalue weighted by Gasteiger charge is 2.13. The van der Waals surface area contributed by atoms with Gasteiger partial charge in [-0.3, -0.25) is 0 Å². The van der Waals surface area contributed by atoms with Gasteiger partial charge in [0.2, 0.25) is 0 Å². The zero-order chi connectivity index (χ0) is 14.4. The summed E-state index contributed by atoms with van der Waals surface area (Å²) in [5.74, 6) is -0.820. The molecular formula is C15H23F2NO. The summed E-state index contributed by atoms with van der Waals surface area (Å²) in [6.45, 7) is 9.60. The van der Waals surface area contributed by atoms with Gasteiger partial charge in [-0.25, -0.2) is 8.78 Å². The van der Waals surface area contributed by atoms with Gasteiger partial charge >= 0.3 is 0 Å². The van der Waals surface area contributed by atoms with Crippen LogP contribution in [0, 0.1) is 23.5 Å². The molecule has 0 fully saturated rings. The van der Waals surface area contributed by atoms with Gasteiger partial charge in [-0.15, -0.1) is 0 Å². The molecule has 0 saturated carbocycles. The van der Waals surface area contributed by atoms with Crippen LogP contribution in [0.1, 0.15) is 33.3 Å². The molecular weight excluding hydrogens is 248 g/mol. The van der Waals surface area contributed by atoms with Crippen molar-refractivity contribution in [3.8, 4) is 5.75 Å². The van der Waals surface area contributed by atoms with Gasteiger partial charge < -0.3 is 10.1 Å². The molecule has 1 N–H and O–H groups in total. The van der Waals surface area contributed by atoms with E-state index in [1.807, 2.05) is 13.8 Å². The summed E-state index contributed by atoms with van der Waals surface area (Å²) in [6, 6.07) is 2.65. The third-order valence-corrected chi connectivity index (χ3v) is 2.50. The van der Waals surface area contributed by atoms with E-state index in [1.165, 1.54) is 12.1 Å². The van der Waals surface area contributed by atoms with Gasteiger partial charge in [0.1, 0.15) is 0 Å². The first-order valence-electron chi connectivity index (χ1n) is 6.71. The molecule has 0 aliphatic heterocycles. The zero-order valence-electron chi connectivity index (χ0n) is 12.1. The van der Waals surface area contributed by atoms with E-state index >= 15 is 0 Å². The second kappa shape index (κ2) is 7.43. The summed E-state index contributed by atoms with van der Waals surface area (Å²) in [6.07, 6.45) is 0. The lowest BCUT2D eigenvalue weighted by Crippen LogP contribution is -2.19. The van der Waals surface area contributed by atoms with Gasteiger partial charge in [0.25, 0.3) is 0 Å². The first-order chi connectivity index (χ1) is 8.90. The maximum absolute atomic E-state index is 13.8. The van der Waals surface area contributed by atoms with Crippen LogP contribution < -0.4 is 10.1 Å². The molecule has 0 aromatic heterocycles. The molecule has 1 aromatic rings. The highest BCUT2D eigenvalue weighted by atomic mass is 19.1. The van der Waals surface area contributed by atoms with Crippen LogP contribution in [0.2, 0.25) is 0 Å². The molecule has 0 aliphatic carbocycles. The van der Waals surface area contributed by atoms with Gasteiger partial charge in [0.15, 0.2) is 17.4 Å². The molecule has 0 saturated heterocycles. The molecule has 0 radical (unpaired) electrons. The maximum Gasteiger partial charge on any atom is 0.190 e. The predicted molar refractivity (Wildman–Crippen MR) is 73.2 cm³/mol. The Morgan fingerprint density at radius 1 is 1.05 bits per heavy atom. The van der Waals surface area contributed by atoms with E-state index < -0.39 is 11.6 Å². The normalized spacial score (nSPS) is 11.4. The van der Waals surface area contributed by atoms with E-state index in [2.05, 4.69) is 19.2 Å². The number of rotatable bonds is 7. The first kappa shape index (κ1) is 15.9. The molecule has 2 nitrogen and oxygen atoms in total. The third kappa shape index (κ3) is 5.55. The number of ether oxygens (including phenoxy) is 1. The SMILES string of the molecule is CC(C)CNCc1cc(F)c(OCC(C)C)c(F)c1. The summed E-state index contributed by atoms with van der Waals surface area (Å²) in [5, 5.41) is 3.15. The van der Waals surface area contributed by atoms with E-state index in [-0.39, 0.29) is 11.7 Å². The molecule has 108 valence electrons. The van der Waals surface area contributed by atoms with E-state index in [1.54, 1.807) is 0 Å². The van der Waals surface area contributed by atoms with Gasteiger partial charge in [0.05, 0.1) is 6.61 Å². The standard InChI is InChI=1S/C15H23F2NO/c1-10(2)7-18-8-12-5-13(16)15(14(17)6-12)19-9-11(3)4/h5-6,10-11,18H,7-9H2,1-4H3. The Morgan fingerprint density at radius 2 is 1.63 bits per heavy atom. The topological polar surface area (TPSA) is 21.3 Å². The number of benzene rings is 1. The van der Waals surface area contributed by atoms with Crippen molar-refractivity contribution < 1.29 is 13.5 Å². The molecule has 1 aromatic carbocycles. The fraction of sp³-hybridized carbons (Fsp3) is 0.600. The molecule has 0 heterocycles. The van der Waals surface area contributed by atoms with Crippen LogP contribution in [0.15, 0.2) is 12.1 Å². The van der Waals surface area contributed by atoms with E-state index in [0.717, 1.165) is 6.54 Å². The Morgan fingerprint density at radius 3 is 2.11 bits per heavy atom. The third-order valence-electron chi connectivity index (χ3n) is 2.50. The molecule has 1 rings (SSSR count). The Hall–Kier alpha value is -1.16. The quantitative estimate of drug-likeness (QED) is 0.815. The number of hydrogen-bond donors (Lipinski definition) is 1. The van der Waals surface area contributed by atoms with Crippen LogP contribution in [0.3, 0.4) is 0 Å². The van der Waals surface area contributed by atoms with Crippen molar-refractivity contribution in [1.29, 1.82) is 0 Å². The lowest BCUT2D eigenvalue weighted by Gasteiger charge is -2.12. The minimum Gasteiger partial charge on any atom is -0.487 e. The smallest absolute Gasteiger partial charge is 0.190 e. The largest absolute Gasteiger partial charge is 0.487 e. The van der Waals surface area contributed by atoms with Crippen molar-refractivity contribution in [2.45, 2.75) is 34.2 Å². The summed E-state index contributed by atoms with van der Waals surface area (Å²) >= 11 is 0. The van der Waals surface area contributed by atoms with Crippen LogP contribution in [-0.2, 0) is 6.54 Å². The van der Waals surface area contributed by atoms with Gasteiger partial charge in [0, 0.05) is 6.54 Å². The second-order valence-corrected chi connectivity index (χ2v) is 5.62. The Bertz CT molecular complexity index is 382. The van der Waals surface area contributed by atoms with Crippen molar-refractivity contribution in [3.63, 3.8) is 0 Å². The molecule has 0 aliphatic rings. The van der Waals surface area contributed by atoms with Crippen molar-refractivity contribution in [1.82, 2.24) is 5.32 Å². The summed E-state index contributed by atoms with van der Waals surface area (Å²) in [5.41, 5.74) is 0.590. The average Bonchev–Trinajstić information content (AvgIpc) is 2.26. The summed E-state index contributed by atoms with van der Waals surface area (Å²) in [4.78, 5) is 0. The minimum absolute atomic E-state index is 0.228. The van der Waals surface area contributed by atoms with Crippen LogP contribution in [0.25, 0.3) is 0 Å². The fourth-order valence-electron chi connectivity index (χ4n) is 1.61. The molecule has 0 unspecified atom stereocenters. The lowest BCUT2D eigenvalue weighted by molar-refractivity contribution is 0.247. The molecule has 4 heteroatoms. The van der Waals surface area contributed by atoms with Crippen molar-refractivity contribution in [3.05, 3.63) is 29.3 Å². The summed E-state index contributed by atoms with van der Waals surface area (Å²) < 4.78 is 32.7. The number of nitrogens with one attached hydrogen (secondary N) is 1. The van der Waals surface area contributed by atoms with Gasteiger partial charge in [-0.1, -0.05) is 27.7 Å². The number of hydrogen-bond acceptors (Lipinski definition) is 2. The van der Waals surface area contributed by atoms with E-state index in [0.29, 0.717) is 24.6 Å². The van der Waals surface area contributed by atoms with E-state index in [9.17, 15) is 8.78 Å². The Labute approximate surface area is 114 Å². The van der Waals surface area contributed by atoms with Gasteiger partial charge in [-0.2, -0.15) is 0 Å². The molecule has 19 heavy (non-hydrogen) atoms. The Balaban J connectivity index is 2.67. The van der Waals surface area contributed by atoms with Crippen LogP contribution in [0.4, 0.5) is 8.78 Å². The molecule has 0 spiro atoms. The second-order valence-electron chi connectivity index (χ2n) is 5.62. The van der Waals surface area contributed by atoms with Crippen molar-refractivity contribution in [2.24, 2.45) is 11.8 Å². The monoisotopic (exact) mass is 271 g/mol. The van der Waals surface area contributed by atoms with Crippen molar-refractivity contribution >= 4 is 0 Å². The molecule has 0 bridgehead atoms.